The summed E-state index contributed by atoms with van der Waals surface area (Å²) < 4.78 is 0. The first-order chi connectivity index (χ1) is 11.9. The van der Waals surface area contributed by atoms with Gasteiger partial charge in [-0.2, -0.15) is 10.2 Å². The zero-order valence-electron chi connectivity index (χ0n) is 13.8. The molecule has 0 N–H and O–H groups in total. The third kappa shape index (κ3) is 4.88. The Morgan fingerprint density at radius 1 is 0.458 bits per heavy atom. The van der Waals surface area contributed by atoms with Crippen LogP contribution in [0.15, 0.2) is 95.2 Å². The maximum Gasteiger partial charge on any atom is 0.0857 e. The lowest BCUT2D eigenvalue weighted by atomic mass is 9.92. The molecule has 0 aliphatic heterocycles. The van der Waals surface area contributed by atoms with Crippen molar-refractivity contribution in [3.63, 3.8) is 0 Å². The lowest BCUT2D eigenvalue weighted by molar-refractivity contribution is 0.685. The number of fused-ring (bicyclic) bond motifs is 1. The van der Waals surface area contributed by atoms with Gasteiger partial charge >= 0.3 is 0 Å². The van der Waals surface area contributed by atoms with Crippen molar-refractivity contribution >= 4 is 11.4 Å². The molecule has 0 saturated carbocycles. The first-order valence-corrected chi connectivity index (χ1v) is 8.50. The number of benzene rings is 3. The molecule has 3 aromatic carbocycles. The van der Waals surface area contributed by atoms with Crippen LogP contribution in [0.3, 0.4) is 0 Å². The molecular weight excluding hydrogens is 292 g/mol. The normalized spacial score (nSPS) is 13.0. The van der Waals surface area contributed by atoms with Gasteiger partial charge < -0.3 is 0 Å². The van der Waals surface area contributed by atoms with E-state index in [1.807, 2.05) is 60.7 Å². The van der Waals surface area contributed by atoms with Crippen LogP contribution in [0.25, 0.3) is 0 Å². The zero-order chi connectivity index (χ0) is 16.5. The molecule has 0 radical (unpaired) electrons. The summed E-state index contributed by atoms with van der Waals surface area (Å²) in [6, 6.07) is 28.2. The molecule has 0 bridgehead atoms. The number of nitrogens with zero attached hydrogens (tertiary/aromatic N) is 2. The number of azo groups is 1. The van der Waals surface area contributed by atoms with E-state index < -0.39 is 0 Å². The Bertz CT molecular complexity index is 698. The first kappa shape index (κ1) is 16.1. The van der Waals surface area contributed by atoms with Crippen LogP contribution < -0.4 is 0 Å². The highest BCUT2D eigenvalue weighted by atomic mass is 15.1. The van der Waals surface area contributed by atoms with Crippen LogP contribution in [0, 0.1) is 0 Å². The van der Waals surface area contributed by atoms with E-state index >= 15 is 0 Å². The van der Waals surface area contributed by atoms with Gasteiger partial charge in [-0.05, 0) is 61.1 Å². The molecule has 0 saturated heterocycles. The monoisotopic (exact) mass is 314 g/mol. The summed E-state index contributed by atoms with van der Waals surface area (Å²) >= 11 is 0. The largest absolute Gasteiger partial charge is 0.151 e. The Kier molecular flexibility index (Phi) is 5.90. The second-order valence-electron chi connectivity index (χ2n) is 5.85. The summed E-state index contributed by atoms with van der Waals surface area (Å²) in [7, 11) is 0. The van der Waals surface area contributed by atoms with E-state index in [9.17, 15) is 0 Å². The molecule has 0 heterocycles. The van der Waals surface area contributed by atoms with Gasteiger partial charge in [-0.15, -0.1) is 0 Å². The van der Waals surface area contributed by atoms with Gasteiger partial charge in [0.25, 0.3) is 0 Å². The van der Waals surface area contributed by atoms with Crippen LogP contribution in [0.2, 0.25) is 0 Å². The number of hydrogen-bond acceptors (Lipinski definition) is 2. The van der Waals surface area contributed by atoms with Crippen LogP contribution in [0.1, 0.15) is 24.0 Å². The molecule has 3 aromatic rings. The molecule has 0 atom stereocenters. The van der Waals surface area contributed by atoms with Crippen LogP contribution in [0.4, 0.5) is 11.4 Å². The van der Waals surface area contributed by atoms with E-state index in [0.29, 0.717) is 0 Å². The lowest BCUT2D eigenvalue weighted by Gasteiger charge is -2.13. The molecule has 4 rings (SSSR count). The molecule has 2 nitrogen and oxygen atoms in total. The Labute approximate surface area is 143 Å². The van der Waals surface area contributed by atoms with Crippen molar-refractivity contribution in [2.75, 3.05) is 0 Å². The average molecular weight is 314 g/mol. The molecule has 0 amide bonds. The highest BCUT2D eigenvalue weighted by molar-refractivity contribution is 5.39. The third-order valence-electron chi connectivity index (χ3n) is 4.05. The van der Waals surface area contributed by atoms with Crippen LogP contribution in [-0.4, -0.2) is 0 Å². The maximum atomic E-state index is 4.10. The minimum Gasteiger partial charge on any atom is -0.151 e. The number of rotatable bonds is 2. The van der Waals surface area contributed by atoms with Crippen molar-refractivity contribution in [3.8, 4) is 0 Å². The Hall–Kier alpha value is -2.74. The van der Waals surface area contributed by atoms with Crippen molar-refractivity contribution in [2.45, 2.75) is 25.7 Å². The molecule has 2 heteroatoms. The van der Waals surface area contributed by atoms with Gasteiger partial charge in [0.05, 0.1) is 11.4 Å². The fraction of sp³-hybridized carbons (Fsp3) is 0.182. The number of aryl methyl sites for hydroxylation is 2. The van der Waals surface area contributed by atoms with E-state index in [0.717, 1.165) is 11.4 Å². The quantitative estimate of drug-likeness (QED) is 0.472. The molecular formula is C22H22N2. The third-order valence-corrected chi connectivity index (χ3v) is 4.05. The topological polar surface area (TPSA) is 24.7 Å². The summed E-state index contributed by atoms with van der Waals surface area (Å²) in [4.78, 5) is 0. The predicted octanol–water partition coefficient (Wildman–Crippen LogP) is 6.67. The highest BCUT2D eigenvalue weighted by Crippen LogP contribution is 2.19. The van der Waals surface area contributed by atoms with E-state index in [1.165, 1.54) is 25.7 Å². The minimum absolute atomic E-state index is 0.872. The molecule has 0 spiro atoms. The van der Waals surface area contributed by atoms with E-state index in [2.05, 4.69) is 34.5 Å². The Morgan fingerprint density at radius 3 is 1.25 bits per heavy atom. The van der Waals surface area contributed by atoms with Crippen molar-refractivity contribution in [1.82, 2.24) is 0 Å². The van der Waals surface area contributed by atoms with Gasteiger partial charge in [0.2, 0.25) is 0 Å². The SMILES string of the molecule is c1ccc(N=Nc2ccccc2)cc1.c1ccc2c(c1)CCCC2. The second kappa shape index (κ2) is 8.78. The molecule has 1 aliphatic rings. The molecule has 0 aromatic heterocycles. The Balaban J connectivity index is 0.000000149. The number of hydrogen-bond donors (Lipinski definition) is 0. The predicted molar refractivity (Wildman–Crippen MR) is 100 cm³/mol. The molecule has 1 aliphatic carbocycles. The molecule has 24 heavy (non-hydrogen) atoms. The van der Waals surface area contributed by atoms with Crippen molar-refractivity contribution in [1.29, 1.82) is 0 Å². The fourth-order valence-corrected chi connectivity index (χ4v) is 2.78. The van der Waals surface area contributed by atoms with Crippen LogP contribution in [-0.2, 0) is 12.8 Å². The minimum atomic E-state index is 0.872. The van der Waals surface area contributed by atoms with E-state index in [4.69, 9.17) is 0 Å². The van der Waals surface area contributed by atoms with Crippen molar-refractivity contribution in [2.24, 2.45) is 10.2 Å². The second-order valence-corrected chi connectivity index (χ2v) is 5.85. The molecule has 120 valence electrons. The average Bonchev–Trinajstić information content (AvgIpc) is 2.69. The van der Waals surface area contributed by atoms with Gasteiger partial charge in [0.15, 0.2) is 0 Å². The molecule has 0 fully saturated rings. The van der Waals surface area contributed by atoms with Gasteiger partial charge in [-0.1, -0.05) is 60.7 Å². The fourth-order valence-electron chi connectivity index (χ4n) is 2.78. The summed E-state index contributed by atoms with van der Waals surface area (Å²) in [6.07, 6.45) is 5.38. The zero-order valence-corrected chi connectivity index (χ0v) is 13.8. The highest BCUT2D eigenvalue weighted by Gasteiger charge is 2.05. The summed E-state index contributed by atoms with van der Waals surface area (Å²) in [5.74, 6) is 0. The first-order valence-electron chi connectivity index (χ1n) is 8.50. The van der Waals surface area contributed by atoms with E-state index in [1.54, 1.807) is 11.1 Å². The maximum absolute atomic E-state index is 4.10. The van der Waals surface area contributed by atoms with Gasteiger partial charge in [0.1, 0.15) is 0 Å². The van der Waals surface area contributed by atoms with E-state index in [-0.39, 0.29) is 0 Å². The van der Waals surface area contributed by atoms with Gasteiger partial charge in [0, 0.05) is 0 Å². The van der Waals surface area contributed by atoms with Gasteiger partial charge in [-0.3, -0.25) is 0 Å². The van der Waals surface area contributed by atoms with Crippen molar-refractivity contribution in [3.05, 3.63) is 96.1 Å². The Morgan fingerprint density at radius 2 is 0.833 bits per heavy atom. The standard InChI is InChI=1S/C12H10N2.C10H12/c1-3-7-11(8-4-1)13-14-12-9-5-2-6-10-12;1-2-6-10-8-4-3-7-9(10)5-1/h1-10H;1-2,5-6H,3-4,7-8H2. The smallest absolute Gasteiger partial charge is 0.0857 e. The lowest BCUT2D eigenvalue weighted by Crippen LogP contribution is -2.00. The van der Waals surface area contributed by atoms with Crippen LogP contribution >= 0.6 is 0 Å². The summed E-state index contributed by atoms with van der Waals surface area (Å²) in [5.41, 5.74) is 4.90. The summed E-state index contributed by atoms with van der Waals surface area (Å²) in [6.45, 7) is 0. The van der Waals surface area contributed by atoms with Gasteiger partial charge in [-0.25, -0.2) is 0 Å². The summed E-state index contributed by atoms with van der Waals surface area (Å²) in [5, 5.41) is 8.20. The van der Waals surface area contributed by atoms with Crippen LogP contribution in [0.5, 0.6) is 0 Å². The molecule has 0 unspecified atom stereocenters. The van der Waals surface area contributed by atoms with Crippen molar-refractivity contribution < 1.29 is 0 Å².